The Kier molecular flexibility index (Phi) is 9.12. The zero-order valence-corrected chi connectivity index (χ0v) is 24.3. The van der Waals surface area contributed by atoms with Crippen molar-refractivity contribution in [2.24, 2.45) is 15.4 Å². The van der Waals surface area contributed by atoms with Gasteiger partial charge in [-0.3, -0.25) is 4.99 Å². The Balaban J connectivity index is 1.43. The molecule has 1 aromatic rings. The summed E-state index contributed by atoms with van der Waals surface area (Å²) in [5.41, 5.74) is 3.20. The van der Waals surface area contributed by atoms with Crippen molar-refractivity contribution in [3.63, 3.8) is 0 Å². The topological polar surface area (TPSA) is 34.4 Å². The highest BCUT2D eigenvalue weighted by Crippen LogP contribution is 2.52. The van der Waals surface area contributed by atoms with E-state index in [2.05, 4.69) is 78.8 Å². The second kappa shape index (κ2) is 12.1. The summed E-state index contributed by atoms with van der Waals surface area (Å²) in [7, 11) is 2.35. The summed E-state index contributed by atoms with van der Waals surface area (Å²) >= 11 is 0. The molecule has 3 aliphatic rings. The first-order valence-electron chi connectivity index (χ1n) is 14.6. The second-order valence-electron chi connectivity index (χ2n) is 12.4. The molecule has 208 valence electrons. The largest absolute Gasteiger partial charge is 0.367 e. The third-order valence-electron chi connectivity index (χ3n) is 9.02. The quantitative estimate of drug-likeness (QED) is 0.238. The number of halogens is 1. The second-order valence-corrected chi connectivity index (χ2v) is 12.4. The summed E-state index contributed by atoms with van der Waals surface area (Å²) < 4.78 is 14.3. The summed E-state index contributed by atoms with van der Waals surface area (Å²) in [4.78, 5) is 15.8. The van der Waals surface area contributed by atoms with Crippen molar-refractivity contribution in [2.75, 3.05) is 20.1 Å². The third-order valence-corrected chi connectivity index (χ3v) is 9.02. The van der Waals surface area contributed by atoms with Gasteiger partial charge in [-0.1, -0.05) is 31.9 Å². The van der Waals surface area contributed by atoms with Crippen molar-refractivity contribution < 1.29 is 4.39 Å². The number of likely N-dealkylation sites (tertiary alicyclic amines) is 1. The third kappa shape index (κ3) is 6.22. The number of hydrogen-bond donors (Lipinski definition) is 0. The van der Waals surface area contributed by atoms with Gasteiger partial charge in [-0.25, -0.2) is 9.38 Å². The number of aliphatic imine (C=N–C) groups is 2. The minimum absolute atomic E-state index is 0.238. The van der Waals surface area contributed by atoms with Crippen LogP contribution in [0.2, 0.25) is 0 Å². The van der Waals surface area contributed by atoms with E-state index in [4.69, 9.17) is 0 Å². The first-order valence-corrected chi connectivity index (χ1v) is 14.6. The van der Waals surface area contributed by atoms with E-state index in [0.29, 0.717) is 11.8 Å². The van der Waals surface area contributed by atoms with Crippen molar-refractivity contribution in [1.29, 1.82) is 0 Å². The predicted octanol–water partition coefficient (Wildman–Crippen LogP) is 6.76. The molecule has 0 atom stereocenters. The highest BCUT2D eigenvalue weighted by molar-refractivity contribution is 5.66. The Morgan fingerprint density at radius 1 is 1.11 bits per heavy atom. The molecule has 0 unspecified atom stereocenters. The van der Waals surface area contributed by atoms with E-state index in [1.807, 2.05) is 6.07 Å². The van der Waals surface area contributed by atoms with Gasteiger partial charge < -0.3 is 14.7 Å². The molecule has 2 aliphatic carbocycles. The highest BCUT2D eigenvalue weighted by atomic mass is 19.1. The minimum atomic E-state index is -0.238. The van der Waals surface area contributed by atoms with Gasteiger partial charge in [-0.15, -0.1) is 0 Å². The van der Waals surface area contributed by atoms with Crippen molar-refractivity contribution in [3.8, 4) is 0 Å². The standard InChI is InChI=1S/C32H48FN5/c1-23(2)38(24(3)4)25(5)30-17-27(33)15-13-26(30)14-16-31(35-22-34-6)37-20-32(21-37)18-29(19-32)36(7)28-11-9-8-10-12-28/h13,15-17,22-24,28-29H,5-6,8-12,14,18-21H2,1-4,7H3/b31-16-,35-22-. The lowest BCUT2D eigenvalue weighted by atomic mass is 9.60. The maximum absolute atomic E-state index is 14.3. The van der Waals surface area contributed by atoms with Crippen molar-refractivity contribution in [1.82, 2.24) is 14.7 Å². The molecule has 3 fully saturated rings. The number of rotatable bonds is 11. The Bertz CT molecular complexity index is 1030. The smallest absolute Gasteiger partial charge is 0.126 e. The molecule has 0 amide bonds. The molecule has 1 heterocycles. The summed E-state index contributed by atoms with van der Waals surface area (Å²) in [5.74, 6) is 0.690. The fraction of sp³-hybridized carbons (Fsp3) is 0.625. The molecular formula is C32H48FN5. The van der Waals surface area contributed by atoms with Crippen LogP contribution >= 0.6 is 0 Å². The summed E-state index contributed by atoms with van der Waals surface area (Å²) in [6.07, 6.45) is 13.8. The van der Waals surface area contributed by atoms with Crippen LogP contribution in [0.15, 0.2) is 46.7 Å². The molecule has 1 aliphatic heterocycles. The molecule has 2 saturated carbocycles. The van der Waals surface area contributed by atoms with Crippen LogP contribution < -0.4 is 0 Å². The van der Waals surface area contributed by atoms with Crippen molar-refractivity contribution in [2.45, 2.75) is 103 Å². The van der Waals surface area contributed by atoms with E-state index in [0.717, 1.165) is 47.8 Å². The normalized spacial score (nSPS) is 20.4. The molecule has 0 bridgehead atoms. The van der Waals surface area contributed by atoms with Crippen molar-refractivity contribution >= 4 is 18.8 Å². The van der Waals surface area contributed by atoms with Crippen LogP contribution in [0.5, 0.6) is 0 Å². The van der Waals surface area contributed by atoms with Gasteiger partial charge in [0.25, 0.3) is 0 Å². The fourth-order valence-electron chi connectivity index (χ4n) is 7.12. The lowest BCUT2D eigenvalue weighted by molar-refractivity contribution is -0.100. The molecular weight excluding hydrogens is 473 g/mol. The van der Waals surface area contributed by atoms with Gasteiger partial charge in [0.15, 0.2) is 0 Å². The minimum Gasteiger partial charge on any atom is -0.367 e. The van der Waals surface area contributed by atoms with Crippen LogP contribution in [0.3, 0.4) is 0 Å². The van der Waals surface area contributed by atoms with Gasteiger partial charge in [-0.05, 0) is 97.3 Å². The summed E-state index contributed by atoms with van der Waals surface area (Å²) in [6, 6.07) is 7.09. The maximum atomic E-state index is 14.3. The van der Waals surface area contributed by atoms with Gasteiger partial charge in [0.05, 0.1) is 0 Å². The molecule has 5 nitrogen and oxygen atoms in total. The average molecular weight is 522 g/mol. The van der Waals surface area contributed by atoms with Gasteiger partial charge in [0, 0.05) is 53.9 Å². The average Bonchev–Trinajstić information content (AvgIpc) is 2.83. The van der Waals surface area contributed by atoms with Gasteiger partial charge in [-0.2, -0.15) is 0 Å². The first-order chi connectivity index (χ1) is 18.1. The van der Waals surface area contributed by atoms with E-state index in [1.54, 1.807) is 12.1 Å². The predicted molar refractivity (Wildman–Crippen MR) is 159 cm³/mol. The molecule has 6 heteroatoms. The van der Waals surface area contributed by atoms with Crippen LogP contribution in [0.25, 0.3) is 5.70 Å². The van der Waals surface area contributed by atoms with E-state index in [1.165, 1.54) is 51.3 Å². The summed E-state index contributed by atoms with van der Waals surface area (Å²) in [6.45, 7) is 18.6. The monoisotopic (exact) mass is 521 g/mol. The Hall–Kier alpha value is -2.47. The van der Waals surface area contributed by atoms with Crippen LogP contribution in [0.4, 0.5) is 4.39 Å². The van der Waals surface area contributed by atoms with Crippen LogP contribution in [0, 0.1) is 11.2 Å². The van der Waals surface area contributed by atoms with E-state index in [9.17, 15) is 4.39 Å². The Morgan fingerprint density at radius 3 is 2.37 bits per heavy atom. The van der Waals surface area contributed by atoms with Crippen LogP contribution in [-0.2, 0) is 6.42 Å². The molecule has 0 aromatic heterocycles. The molecule has 1 aromatic carbocycles. The van der Waals surface area contributed by atoms with Crippen molar-refractivity contribution in [3.05, 3.63) is 53.6 Å². The van der Waals surface area contributed by atoms with E-state index >= 15 is 0 Å². The zero-order chi connectivity index (χ0) is 27.4. The Morgan fingerprint density at radius 2 is 1.76 bits per heavy atom. The molecule has 1 saturated heterocycles. The summed E-state index contributed by atoms with van der Waals surface area (Å²) in [5, 5.41) is 0. The number of nitrogens with zero attached hydrogens (tertiary/aromatic N) is 5. The molecule has 38 heavy (non-hydrogen) atoms. The number of benzene rings is 1. The Labute approximate surface area is 230 Å². The lowest BCUT2D eigenvalue weighted by Gasteiger charge is -2.62. The van der Waals surface area contributed by atoms with E-state index < -0.39 is 0 Å². The van der Waals surface area contributed by atoms with Gasteiger partial charge >= 0.3 is 0 Å². The molecule has 4 rings (SSSR count). The first kappa shape index (κ1) is 28.5. The van der Waals surface area contributed by atoms with Crippen LogP contribution in [0.1, 0.15) is 83.8 Å². The highest BCUT2D eigenvalue weighted by Gasteiger charge is 2.54. The molecule has 0 N–H and O–H groups in total. The SMILES string of the molecule is C=N/C=N\C(=C\Cc1ccc(F)cc1C(=C)N(C(C)C)C(C)C)N1CC2(CC(N(C)C3CCCCC3)C2)C1. The van der Waals surface area contributed by atoms with Crippen LogP contribution in [-0.4, -0.2) is 72.1 Å². The number of hydrogen-bond acceptors (Lipinski definition) is 4. The zero-order valence-electron chi connectivity index (χ0n) is 24.3. The number of allylic oxidation sites excluding steroid dienone is 1. The fourth-order valence-corrected chi connectivity index (χ4v) is 7.12. The lowest BCUT2D eigenvalue weighted by Crippen LogP contribution is -2.66. The maximum Gasteiger partial charge on any atom is 0.126 e. The molecule has 1 spiro atoms. The van der Waals surface area contributed by atoms with Gasteiger partial charge in [0.1, 0.15) is 18.0 Å². The van der Waals surface area contributed by atoms with E-state index in [-0.39, 0.29) is 17.9 Å². The molecule has 0 radical (unpaired) electrons. The van der Waals surface area contributed by atoms with Gasteiger partial charge in [0.2, 0.25) is 0 Å².